The van der Waals surface area contributed by atoms with Crippen LogP contribution in [0.4, 0.5) is 0 Å². The molecule has 204 valence electrons. The molecule has 2 saturated heterocycles. The summed E-state index contributed by atoms with van der Waals surface area (Å²) < 4.78 is 31.7. The van der Waals surface area contributed by atoms with Crippen LogP contribution in [-0.4, -0.2) is 58.8 Å². The topological polar surface area (TPSA) is 52.8 Å². The summed E-state index contributed by atoms with van der Waals surface area (Å²) in [6.45, 7) is 19.1. The average Bonchev–Trinajstić information content (AvgIpc) is 3.70. The normalized spacial score (nSPS) is 51.6. The quantitative estimate of drug-likeness (QED) is 0.182. The molecule has 0 amide bonds. The van der Waals surface area contributed by atoms with Crippen molar-refractivity contribution >= 4 is 8.32 Å². The second-order valence-corrected chi connectivity index (χ2v) is 19.8. The molecule has 1 unspecified atom stereocenters. The highest BCUT2D eigenvalue weighted by Crippen LogP contribution is 2.75. The third kappa shape index (κ3) is 3.18. The van der Waals surface area contributed by atoms with Gasteiger partial charge in [0.1, 0.15) is 23.9 Å². The summed E-state index contributed by atoms with van der Waals surface area (Å²) in [6.07, 6.45) is 10.7. The first-order chi connectivity index (χ1) is 16.8. The number of methoxy groups -OCH3 is 2. The zero-order valence-corrected chi connectivity index (χ0v) is 25.3. The Morgan fingerprint density at radius 2 is 1.69 bits per heavy atom. The van der Waals surface area contributed by atoms with Crippen molar-refractivity contribution in [2.45, 2.75) is 122 Å². The molecule has 0 radical (unpaired) electrons. The molecule has 0 aromatic rings. The van der Waals surface area contributed by atoms with Gasteiger partial charge in [0.2, 0.25) is 0 Å². The van der Waals surface area contributed by atoms with E-state index in [0.717, 1.165) is 0 Å². The Labute approximate surface area is 220 Å². The Hall–Kier alpha value is -0.243. The zero-order valence-electron chi connectivity index (χ0n) is 24.3. The van der Waals surface area contributed by atoms with Crippen LogP contribution in [0.1, 0.15) is 67.2 Å². The number of ether oxygens (including phenoxy) is 4. The molecule has 6 heteroatoms. The lowest BCUT2D eigenvalue weighted by Gasteiger charge is -2.57. The fraction of sp³-hybridized carbons (Fsp3) is 0.933. The molecule has 36 heavy (non-hydrogen) atoms. The van der Waals surface area contributed by atoms with Crippen LogP contribution in [-0.2, 0) is 23.4 Å². The van der Waals surface area contributed by atoms with Crippen LogP contribution in [0.5, 0.6) is 0 Å². The molecule has 2 heterocycles. The molecule has 2 aliphatic heterocycles. The predicted octanol–water partition coefficient (Wildman–Crippen LogP) is 6.19. The summed E-state index contributed by atoms with van der Waals surface area (Å²) in [5, 5.41) is 0.183. The minimum atomic E-state index is -1.91. The molecular formula is C30H50O5Si. The molecule has 0 aromatic carbocycles. The van der Waals surface area contributed by atoms with Gasteiger partial charge in [-0.15, -0.1) is 0 Å². The molecule has 5 nitrogen and oxygen atoms in total. The summed E-state index contributed by atoms with van der Waals surface area (Å²) in [6, 6.07) is 0. The lowest BCUT2D eigenvalue weighted by molar-refractivity contribution is -0.161. The van der Waals surface area contributed by atoms with E-state index in [1.54, 1.807) is 14.2 Å². The molecule has 12 atom stereocenters. The van der Waals surface area contributed by atoms with E-state index in [0.29, 0.717) is 35.0 Å². The Morgan fingerprint density at radius 1 is 1.00 bits per heavy atom. The van der Waals surface area contributed by atoms with Gasteiger partial charge >= 0.3 is 0 Å². The summed E-state index contributed by atoms with van der Waals surface area (Å²) in [5.74, 6) is 2.96. The average molecular weight is 519 g/mol. The fourth-order valence-electron chi connectivity index (χ4n) is 9.67. The van der Waals surface area contributed by atoms with Crippen LogP contribution in [0, 0.1) is 40.4 Å². The Bertz CT molecular complexity index is 925. The number of epoxide rings is 2. The minimum Gasteiger partial charge on any atom is -0.408 e. The van der Waals surface area contributed by atoms with E-state index in [1.165, 1.54) is 25.7 Å². The maximum absolute atomic E-state index is 6.98. The maximum Gasteiger partial charge on any atom is 0.192 e. The first-order valence-electron chi connectivity index (χ1n) is 14.5. The lowest BCUT2D eigenvalue weighted by atomic mass is 9.46. The highest BCUT2D eigenvalue weighted by atomic mass is 28.4. The minimum absolute atomic E-state index is 0.0433. The van der Waals surface area contributed by atoms with Crippen molar-refractivity contribution in [1.82, 2.24) is 0 Å². The van der Waals surface area contributed by atoms with E-state index in [9.17, 15) is 0 Å². The van der Waals surface area contributed by atoms with E-state index < -0.39 is 8.32 Å². The molecule has 0 aromatic heterocycles. The van der Waals surface area contributed by atoms with E-state index in [1.807, 2.05) is 0 Å². The summed E-state index contributed by atoms with van der Waals surface area (Å²) in [4.78, 5) is 0. The molecule has 0 N–H and O–H groups in total. The summed E-state index contributed by atoms with van der Waals surface area (Å²) >= 11 is 0. The molecular weight excluding hydrogens is 468 g/mol. The van der Waals surface area contributed by atoms with Crippen molar-refractivity contribution in [2.24, 2.45) is 40.4 Å². The second-order valence-electron chi connectivity index (χ2n) is 15.1. The standard InChI is InChI=1S/C30H50O5Si/c1-17(26(31-7)32-8)19-11-12-20-18-13-16-30-25(34-30)23(35-36(9,10)27(2,3)4)22-24(33-22)29(30,6)21(18)14-15-28(19,20)5/h13,16-26H,11-12,14-15H2,1-10H3/t17?,18-,19+,20-,21-,22-,23-,24-,25+,28+,29-,30+/m0/s1. The Balaban J connectivity index is 1.27. The van der Waals surface area contributed by atoms with Gasteiger partial charge in [-0.3, -0.25) is 0 Å². The van der Waals surface area contributed by atoms with Crippen molar-refractivity contribution in [3.05, 3.63) is 12.2 Å². The smallest absolute Gasteiger partial charge is 0.192 e. The van der Waals surface area contributed by atoms with E-state index in [4.69, 9.17) is 23.4 Å². The first kappa shape index (κ1) is 26.0. The van der Waals surface area contributed by atoms with Gasteiger partial charge in [-0.1, -0.05) is 53.7 Å². The van der Waals surface area contributed by atoms with Crippen molar-refractivity contribution in [3.8, 4) is 0 Å². The van der Waals surface area contributed by atoms with Crippen LogP contribution in [0.3, 0.4) is 0 Å². The predicted molar refractivity (Wildman–Crippen MR) is 143 cm³/mol. The van der Waals surface area contributed by atoms with Gasteiger partial charge in [0.25, 0.3) is 0 Å². The lowest BCUT2D eigenvalue weighted by Crippen LogP contribution is -2.61. The number of hydrogen-bond donors (Lipinski definition) is 0. The van der Waals surface area contributed by atoms with Crippen LogP contribution in [0.2, 0.25) is 18.1 Å². The largest absolute Gasteiger partial charge is 0.408 e. The van der Waals surface area contributed by atoms with Gasteiger partial charge in [0.05, 0.1) is 6.10 Å². The number of rotatable bonds is 6. The number of hydrogen-bond acceptors (Lipinski definition) is 5. The molecule has 0 bridgehead atoms. The van der Waals surface area contributed by atoms with Gasteiger partial charge in [0.15, 0.2) is 14.6 Å². The molecule has 6 aliphatic rings. The summed E-state index contributed by atoms with van der Waals surface area (Å²) in [5.41, 5.74) is 0.175. The highest BCUT2D eigenvalue weighted by molar-refractivity contribution is 6.74. The zero-order chi connectivity index (χ0) is 26.1. The Kier molecular flexibility index (Phi) is 5.71. The molecule has 3 saturated carbocycles. The van der Waals surface area contributed by atoms with Crippen molar-refractivity contribution < 1.29 is 23.4 Å². The van der Waals surface area contributed by atoms with E-state index in [-0.39, 0.29) is 46.8 Å². The fourth-order valence-corrected chi connectivity index (χ4v) is 11.0. The third-order valence-corrected chi connectivity index (χ3v) is 17.2. The van der Waals surface area contributed by atoms with Crippen LogP contribution in [0.25, 0.3) is 0 Å². The number of fused-ring (bicyclic) bond motifs is 6. The van der Waals surface area contributed by atoms with Gasteiger partial charge < -0.3 is 23.4 Å². The number of allylic oxidation sites excluding steroid dienone is 1. The van der Waals surface area contributed by atoms with Crippen molar-refractivity contribution in [2.75, 3.05) is 14.2 Å². The molecule has 6 rings (SSSR count). The van der Waals surface area contributed by atoms with Gasteiger partial charge in [-0.05, 0) is 72.9 Å². The highest BCUT2D eigenvalue weighted by Gasteiger charge is 2.85. The van der Waals surface area contributed by atoms with Crippen molar-refractivity contribution in [3.63, 3.8) is 0 Å². The van der Waals surface area contributed by atoms with E-state index in [2.05, 4.69) is 66.8 Å². The molecule has 1 spiro atoms. The van der Waals surface area contributed by atoms with Gasteiger partial charge in [0, 0.05) is 25.6 Å². The maximum atomic E-state index is 6.98. The Morgan fingerprint density at radius 3 is 2.33 bits per heavy atom. The van der Waals surface area contributed by atoms with Crippen LogP contribution >= 0.6 is 0 Å². The van der Waals surface area contributed by atoms with E-state index >= 15 is 0 Å². The van der Waals surface area contributed by atoms with Crippen LogP contribution < -0.4 is 0 Å². The second kappa shape index (κ2) is 7.91. The van der Waals surface area contributed by atoms with Crippen molar-refractivity contribution in [1.29, 1.82) is 0 Å². The van der Waals surface area contributed by atoms with Gasteiger partial charge in [-0.2, -0.15) is 0 Å². The summed E-state index contributed by atoms with van der Waals surface area (Å²) in [7, 11) is 1.66. The molecule has 4 aliphatic carbocycles. The SMILES string of the molecule is COC(OC)C(C)[C@H]1CC[C@H]2[C@@H]3C=C[C@@]45O[C@@H]4[C@@H](O[Si](C)(C)C(C)(C)C)[C@@H]4O[C@@H]4[C@]5(C)[C@H]3CC[C@]12C. The molecule has 5 fully saturated rings. The first-order valence-corrected chi connectivity index (χ1v) is 17.4. The van der Waals surface area contributed by atoms with Gasteiger partial charge in [-0.25, -0.2) is 0 Å². The monoisotopic (exact) mass is 518 g/mol. The van der Waals surface area contributed by atoms with Crippen LogP contribution in [0.15, 0.2) is 12.2 Å². The third-order valence-electron chi connectivity index (χ3n) is 12.8.